The molecule has 0 bridgehead atoms. The molecule has 0 aliphatic heterocycles. The SMILES string of the molecule is CC/C=C/CC(O)/C=C/C=C/CCCCCCCC(=O)O[C@H](COC(=O)CCCCCCCCCCC(C)CC)COP(=O)(O)OC[C@@H](O)CO. The lowest BCUT2D eigenvalue weighted by Crippen LogP contribution is -2.29. The van der Waals surface area contributed by atoms with Crippen molar-refractivity contribution in [2.24, 2.45) is 5.92 Å². The number of hydrogen-bond acceptors (Lipinski definition) is 10. The number of esters is 2. The number of aliphatic hydroxyl groups excluding tert-OH is 3. The lowest BCUT2D eigenvalue weighted by atomic mass is 9.99. The normalized spacial score (nSPS) is 15.7. The highest BCUT2D eigenvalue weighted by molar-refractivity contribution is 7.47. The molecule has 0 saturated heterocycles. The number of allylic oxidation sites excluding steroid dienone is 4. The Kier molecular flexibility index (Phi) is 32.7. The van der Waals surface area contributed by atoms with Gasteiger partial charge < -0.3 is 29.7 Å². The van der Waals surface area contributed by atoms with Crippen LogP contribution in [0.15, 0.2) is 36.5 Å². The van der Waals surface area contributed by atoms with Crippen LogP contribution in [0.4, 0.5) is 0 Å². The highest BCUT2D eigenvalue weighted by Crippen LogP contribution is 2.43. The van der Waals surface area contributed by atoms with E-state index >= 15 is 0 Å². The van der Waals surface area contributed by atoms with Crippen molar-refractivity contribution < 1.29 is 52.9 Å². The van der Waals surface area contributed by atoms with Crippen molar-refractivity contribution in [3.8, 4) is 0 Å². The zero-order valence-electron chi connectivity index (χ0n) is 31.8. The summed E-state index contributed by atoms with van der Waals surface area (Å²) in [6.07, 6.45) is 27.4. The summed E-state index contributed by atoms with van der Waals surface area (Å²) in [5, 5.41) is 28.1. The summed E-state index contributed by atoms with van der Waals surface area (Å²) in [5.74, 6) is -0.175. The van der Waals surface area contributed by atoms with Crippen LogP contribution in [0, 0.1) is 5.92 Å². The second-order valence-electron chi connectivity index (χ2n) is 13.4. The molecule has 0 aliphatic rings. The molecule has 0 aromatic heterocycles. The van der Waals surface area contributed by atoms with Gasteiger partial charge in [0.05, 0.1) is 25.9 Å². The molecule has 0 rings (SSSR count). The minimum atomic E-state index is -4.63. The van der Waals surface area contributed by atoms with Crippen LogP contribution in [0.1, 0.15) is 149 Å². The predicted octanol–water partition coefficient (Wildman–Crippen LogP) is 8.44. The van der Waals surface area contributed by atoms with E-state index in [2.05, 4.69) is 31.4 Å². The van der Waals surface area contributed by atoms with E-state index in [0.29, 0.717) is 19.3 Å². The van der Waals surface area contributed by atoms with Crippen molar-refractivity contribution in [1.29, 1.82) is 0 Å². The van der Waals surface area contributed by atoms with Gasteiger partial charge in [0, 0.05) is 12.8 Å². The Morgan fingerprint density at radius 2 is 1.31 bits per heavy atom. The minimum absolute atomic E-state index is 0.138. The Bertz CT molecular complexity index is 984. The second kappa shape index (κ2) is 34.0. The maximum atomic E-state index is 12.6. The van der Waals surface area contributed by atoms with Gasteiger partial charge in [-0.1, -0.05) is 134 Å². The molecule has 12 heteroatoms. The number of ether oxygens (including phenoxy) is 2. The van der Waals surface area contributed by atoms with E-state index in [4.69, 9.17) is 19.1 Å². The number of phosphoric ester groups is 1. The first-order valence-electron chi connectivity index (χ1n) is 19.4. The van der Waals surface area contributed by atoms with Crippen LogP contribution in [-0.2, 0) is 32.7 Å². The monoisotopic (exact) mass is 746 g/mol. The van der Waals surface area contributed by atoms with Gasteiger partial charge in [-0.05, 0) is 44.4 Å². The zero-order valence-corrected chi connectivity index (χ0v) is 32.7. The lowest BCUT2D eigenvalue weighted by Gasteiger charge is -2.20. The molecule has 51 heavy (non-hydrogen) atoms. The Labute approximate surface area is 308 Å². The fourth-order valence-corrected chi connectivity index (χ4v) is 5.79. The molecular formula is C39H71O11P. The fourth-order valence-electron chi connectivity index (χ4n) is 5.00. The quantitative estimate of drug-likeness (QED) is 0.0161. The fraction of sp³-hybridized carbons (Fsp3) is 0.795. The molecule has 0 radical (unpaired) electrons. The highest BCUT2D eigenvalue weighted by atomic mass is 31.2. The van der Waals surface area contributed by atoms with Crippen LogP contribution < -0.4 is 0 Å². The number of rotatable bonds is 35. The van der Waals surface area contributed by atoms with Crippen LogP contribution in [0.25, 0.3) is 0 Å². The molecule has 5 atom stereocenters. The molecule has 4 N–H and O–H groups in total. The largest absolute Gasteiger partial charge is 0.472 e. The molecule has 298 valence electrons. The molecule has 0 saturated carbocycles. The first-order chi connectivity index (χ1) is 24.5. The van der Waals surface area contributed by atoms with Crippen LogP contribution in [0.5, 0.6) is 0 Å². The Morgan fingerprint density at radius 3 is 1.94 bits per heavy atom. The summed E-state index contributed by atoms with van der Waals surface area (Å²) in [4.78, 5) is 34.8. The van der Waals surface area contributed by atoms with Crippen molar-refractivity contribution in [1.82, 2.24) is 0 Å². The van der Waals surface area contributed by atoms with Gasteiger partial charge in [0.2, 0.25) is 0 Å². The van der Waals surface area contributed by atoms with Gasteiger partial charge in [-0.3, -0.25) is 18.6 Å². The third kappa shape index (κ3) is 33.7. The number of carbonyl (C=O) groups excluding carboxylic acids is 2. The smallest absolute Gasteiger partial charge is 0.462 e. The van der Waals surface area contributed by atoms with E-state index in [1.807, 2.05) is 24.3 Å². The number of carbonyl (C=O) groups is 2. The topological polar surface area (TPSA) is 169 Å². The van der Waals surface area contributed by atoms with Gasteiger partial charge in [0.1, 0.15) is 12.7 Å². The molecule has 0 aromatic rings. The summed E-state index contributed by atoms with van der Waals surface area (Å²) < 4.78 is 32.5. The summed E-state index contributed by atoms with van der Waals surface area (Å²) in [6.45, 7) is 4.41. The Hall–Kier alpha value is -1.85. The van der Waals surface area contributed by atoms with Crippen molar-refractivity contribution in [3.63, 3.8) is 0 Å². The number of hydrogen-bond donors (Lipinski definition) is 4. The second-order valence-corrected chi connectivity index (χ2v) is 14.8. The summed E-state index contributed by atoms with van der Waals surface area (Å²) in [7, 11) is -4.63. The van der Waals surface area contributed by atoms with Crippen molar-refractivity contribution in [2.75, 3.05) is 26.4 Å². The van der Waals surface area contributed by atoms with Gasteiger partial charge in [0.25, 0.3) is 0 Å². The first-order valence-corrected chi connectivity index (χ1v) is 20.9. The van der Waals surface area contributed by atoms with Crippen LogP contribution in [0.2, 0.25) is 0 Å². The zero-order chi connectivity index (χ0) is 38.0. The molecule has 0 heterocycles. The average molecular weight is 747 g/mol. The molecule has 3 unspecified atom stereocenters. The van der Waals surface area contributed by atoms with E-state index < -0.39 is 57.9 Å². The van der Waals surface area contributed by atoms with E-state index in [1.54, 1.807) is 6.08 Å². The van der Waals surface area contributed by atoms with Gasteiger partial charge in [0.15, 0.2) is 6.10 Å². The van der Waals surface area contributed by atoms with Crippen molar-refractivity contribution >= 4 is 19.8 Å². The van der Waals surface area contributed by atoms with Crippen LogP contribution >= 0.6 is 7.82 Å². The number of phosphoric acid groups is 1. The van der Waals surface area contributed by atoms with E-state index in [9.17, 15) is 29.3 Å². The summed E-state index contributed by atoms with van der Waals surface area (Å²) >= 11 is 0. The standard InChI is InChI=1S/C39H71O11P/c1-4-6-20-26-35(41)27-22-17-13-8-7-9-15-19-24-29-39(44)50-37(33-49-51(45,46)48-31-36(42)30-40)32-47-38(43)28-23-18-14-11-10-12-16-21-25-34(3)5-2/h6,13,17,20,22,27,34-37,40-42H,4-5,7-12,14-16,18-19,21,23-26,28-33H2,1-3H3,(H,45,46)/b17-13+,20-6+,27-22+/t34?,35?,36-,37+/m0/s1. The molecule has 11 nitrogen and oxygen atoms in total. The third-order valence-corrected chi connectivity index (χ3v) is 9.38. The third-order valence-electron chi connectivity index (χ3n) is 8.43. The number of aliphatic hydroxyl groups is 3. The van der Waals surface area contributed by atoms with E-state index in [0.717, 1.165) is 63.7 Å². The van der Waals surface area contributed by atoms with Gasteiger partial charge in [-0.25, -0.2) is 4.57 Å². The predicted molar refractivity (Wildman–Crippen MR) is 202 cm³/mol. The minimum Gasteiger partial charge on any atom is -0.462 e. The van der Waals surface area contributed by atoms with Gasteiger partial charge in [-0.15, -0.1) is 0 Å². The van der Waals surface area contributed by atoms with Crippen molar-refractivity contribution in [2.45, 2.75) is 167 Å². The lowest BCUT2D eigenvalue weighted by molar-refractivity contribution is -0.161. The summed E-state index contributed by atoms with van der Waals surface area (Å²) in [5.41, 5.74) is 0. The molecule has 0 fully saturated rings. The van der Waals surface area contributed by atoms with Gasteiger partial charge in [-0.2, -0.15) is 0 Å². The van der Waals surface area contributed by atoms with Gasteiger partial charge >= 0.3 is 19.8 Å². The highest BCUT2D eigenvalue weighted by Gasteiger charge is 2.27. The van der Waals surface area contributed by atoms with E-state index in [-0.39, 0.29) is 19.4 Å². The molecular weight excluding hydrogens is 675 g/mol. The average Bonchev–Trinajstić information content (AvgIpc) is 3.11. The maximum Gasteiger partial charge on any atom is 0.472 e. The number of unbranched alkanes of at least 4 members (excludes halogenated alkanes) is 12. The first kappa shape index (κ1) is 49.1. The van der Waals surface area contributed by atoms with Crippen LogP contribution in [0.3, 0.4) is 0 Å². The van der Waals surface area contributed by atoms with Crippen molar-refractivity contribution in [3.05, 3.63) is 36.5 Å². The Balaban J connectivity index is 4.45. The van der Waals surface area contributed by atoms with Crippen LogP contribution in [-0.4, -0.2) is 76.9 Å². The molecule has 0 amide bonds. The molecule has 0 aliphatic carbocycles. The molecule has 0 aromatic carbocycles. The Morgan fingerprint density at radius 1 is 0.725 bits per heavy atom. The summed E-state index contributed by atoms with van der Waals surface area (Å²) in [6, 6.07) is 0. The maximum absolute atomic E-state index is 12.6. The molecule has 0 spiro atoms. The van der Waals surface area contributed by atoms with E-state index in [1.165, 1.54) is 38.5 Å².